The molecule has 0 aliphatic heterocycles. The zero-order valence-electron chi connectivity index (χ0n) is 23.1. The first-order valence-corrected chi connectivity index (χ1v) is 16.1. The summed E-state index contributed by atoms with van der Waals surface area (Å²) in [6.45, 7) is -0.411. The van der Waals surface area contributed by atoms with Gasteiger partial charge in [-0.05, 0) is 39.7 Å². The molecule has 0 atom stereocenters. The average molecular weight is 723 g/mol. The van der Waals surface area contributed by atoms with Gasteiger partial charge in [-0.2, -0.15) is 26.2 Å². The summed E-state index contributed by atoms with van der Waals surface area (Å²) >= 11 is 1.34. The van der Waals surface area contributed by atoms with Gasteiger partial charge in [0.25, 0.3) is 0 Å². The van der Waals surface area contributed by atoms with Gasteiger partial charge in [-0.1, -0.05) is 66.7 Å². The quantitative estimate of drug-likeness (QED) is 0.0259. The lowest BCUT2D eigenvalue weighted by molar-refractivity contribution is -0.777. The van der Waals surface area contributed by atoms with Crippen molar-refractivity contribution in [2.75, 3.05) is 24.7 Å². The topological polar surface area (TPSA) is 136 Å². The van der Waals surface area contributed by atoms with E-state index < -0.39 is 46.5 Å². The summed E-state index contributed by atoms with van der Waals surface area (Å²) in [6, 6.07) is 27.1. The fourth-order valence-corrected chi connectivity index (χ4v) is 5.67. The lowest BCUT2D eigenvalue weighted by Crippen LogP contribution is -2.28. The molecule has 0 fully saturated rings. The Morgan fingerprint density at radius 3 is 1.76 bits per heavy atom. The fraction of sp³-hybridized carbons (Fsp3) is 0.214. The number of carbonyl (C=O) groups excluding carboxylic acids is 2. The van der Waals surface area contributed by atoms with Crippen LogP contribution >= 0.6 is 47.6 Å². The maximum absolute atomic E-state index is 13.1. The largest absolute Gasteiger partial charge is 0.691 e. The molecule has 4 aromatic carbocycles. The summed E-state index contributed by atoms with van der Waals surface area (Å²) in [5.74, 6) is -2.97. The summed E-state index contributed by atoms with van der Waals surface area (Å²) in [5, 5.41) is 20.8. The van der Waals surface area contributed by atoms with Crippen molar-refractivity contribution in [2.24, 2.45) is 0 Å². The molecule has 0 aliphatic rings. The number of halogens is 4. The van der Waals surface area contributed by atoms with Crippen LogP contribution in [0.25, 0.3) is 21.5 Å². The summed E-state index contributed by atoms with van der Waals surface area (Å²) in [4.78, 5) is 24.2. The van der Waals surface area contributed by atoms with Gasteiger partial charge in [0, 0.05) is 21.3 Å². The third-order valence-electron chi connectivity index (χ3n) is 5.44. The van der Waals surface area contributed by atoms with Crippen LogP contribution in [-0.2, 0) is 37.8 Å². The maximum Gasteiger partial charge on any atom is 0.415 e. The highest BCUT2D eigenvalue weighted by Gasteiger charge is 2.44. The third-order valence-corrected chi connectivity index (χ3v) is 8.43. The van der Waals surface area contributed by atoms with E-state index in [2.05, 4.69) is 28.2 Å². The number of ether oxygens (including phenoxy) is 2. The molecule has 0 saturated heterocycles. The van der Waals surface area contributed by atoms with Gasteiger partial charge in [-0.3, -0.25) is 10.1 Å². The van der Waals surface area contributed by atoms with E-state index in [1.807, 2.05) is 84.9 Å². The smallest absolute Gasteiger partial charge is 0.415 e. The van der Waals surface area contributed by atoms with Crippen molar-refractivity contribution < 1.29 is 65.9 Å². The standard InChI is InChI=1S/2C14H12F2O5S2/c15-14(16,23-21-20-18)13(17)19-8-9-22-12-7-3-5-10-4-1-2-6-11(10)12;15-14(16,23-21-20-18)13(17)19-7-8-22-12-6-5-10-3-1-2-4-11(10)9-12/h1-7,18H,8-9H2;1-6,9,18H,7-8H2/p-2. The first-order chi connectivity index (χ1) is 22.1. The van der Waals surface area contributed by atoms with Gasteiger partial charge in [-0.15, -0.1) is 23.5 Å². The lowest BCUT2D eigenvalue weighted by atomic mass is 10.1. The van der Waals surface area contributed by atoms with Crippen LogP contribution in [0.2, 0.25) is 0 Å². The molecule has 0 aromatic heterocycles. The Morgan fingerprint density at radius 1 is 0.630 bits per heavy atom. The number of hydrogen-bond donors (Lipinski definition) is 0. The van der Waals surface area contributed by atoms with E-state index in [-0.39, 0.29) is 13.2 Å². The molecule has 4 aromatic rings. The van der Waals surface area contributed by atoms with Crippen molar-refractivity contribution in [3.05, 3.63) is 84.9 Å². The van der Waals surface area contributed by atoms with Gasteiger partial charge in [0.05, 0.1) is 0 Å². The van der Waals surface area contributed by atoms with Crippen molar-refractivity contribution in [3.8, 4) is 0 Å². The lowest BCUT2D eigenvalue weighted by Gasteiger charge is -2.14. The molecule has 0 radical (unpaired) electrons. The molecule has 0 bridgehead atoms. The highest BCUT2D eigenvalue weighted by molar-refractivity contribution is 7.99. The molecular formula is C28H22F4O10S4-2. The maximum atomic E-state index is 13.1. The van der Waals surface area contributed by atoms with Gasteiger partial charge in [0.15, 0.2) is 0 Å². The van der Waals surface area contributed by atoms with E-state index in [0.717, 1.165) is 31.3 Å². The van der Waals surface area contributed by atoms with Crippen molar-refractivity contribution in [3.63, 3.8) is 0 Å². The van der Waals surface area contributed by atoms with Gasteiger partial charge < -0.3 is 20.0 Å². The molecule has 0 unspecified atom stereocenters. The number of thioether (sulfide) groups is 2. The molecule has 18 heteroatoms. The van der Waals surface area contributed by atoms with E-state index in [1.165, 1.54) is 23.5 Å². The van der Waals surface area contributed by atoms with Crippen LogP contribution in [0.4, 0.5) is 17.6 Å². The molecule has 10 nitrogen and oxygen atoms in total. The molecule has 0 saturated carbocycles. The third kappa shape index (κ3) is 12.1. The average Bonchev–Trinajstić information content (AvgIpc) is 3.06. The van der Waals surface area contributed by atoms with Crippen LogP contribution in [0.5, 0.6) is 0 Å². The highest BCUT2D eigenvalue weighted by Crippen LogP contribution is 2.33. The van der Waals surface area contributed by atoms with Gasteiger partial charge in [0.2, 0.25) is 0 Å². The molecular weight excluding hydrogens is 701 g/mol. The minimum absolute atomic E-state index is 0.204. The highest BCUT2D eigenvalue weighted by atomic mass is 32.2. The molecule has 248 valence electrons. The summed E-state index contributed by atoms with van der Waals surface area (Å²) < 4.78 is 68.1. The second-order valence-corrected chi connectivity index (χ2v) is 12.4. The number of benzene rings is 4. The van der Waals surface area contributed by atoms with E-state index in [9.17, 15) is 37.7 Å². The minimum atomic E-state index is -4.01. The van der Waals surface area contributed by atoms with Gasteiger partial charge >= 0.3 is 22.4 Å². The van der Waals surface area contributed by atoms with Crippen LogP contribution in [-0.4, -0.2) is 47.2 Å². The van der Waals surface area contributed by atoms with Gasteiger partial charge in [-0.25, -0.2) is 9.59 Å². The van der Waals surface area contributed by atoms with Crippen LogP contribution in [0.15, 0.2) is 94.7 Å². The van der Waals surface area contributed by atoms with Gasteiger partial charge in [0.1, 0.15) is 37.3 Å². The number of rotatable bonds is 16. The number of carbonyl (C=O) groups is 2. The fourth-order valence-electron chi connectivity index (χ4n) is 3.51. The Hall–Kier alpha value is -2.78. The molecule has 46 heavy (non-hydrogen) atoms. The SMILES string of the molecule is O=C(OCCSc1ccc2ccccc2c1)C(F)(F)SOO[O-].O=C(OCCSc1cccc2ccccc12)C(F)(F)SOO[O-]. The summed E-state index contributed by atoms with van der Waals surface area (Å²) in [7, 11) is 0. The van der Waals surface area contributed by atoms with Crippen LogP contribution < -0.4 is 10.5 Å². The van der Waals surface area contributed by atoms with Crippen molar-refractivity contribution >= 4 is 81.1 Å². The molecule has 0 amide bonds. The Kier molecular flexibility index (Phi) is 15.7. The minimum Gasteiger partial charge on any atom is -0.691 e. The number of esters is 2. The number of fused-ring (bicyclic) bond motifs is 2. The normalized spacial score (nSPS) is 11.6. The predicted molar refractivity (Wildman–Crippen MR) is 161 cm³/mol. The molecule has 0 spiro atoms. The Balaban J connectivity index is 0.000000250. The summed E-state index contributed by atoms with van der Waals surface area (Å²) in [5.41, 5.74) is 0. The number of hydrogen-bond acceptors (Lipinski definition) is 14. The van der Waals surface area contributed by atoms with Crippen molar-refractivity contribution in [1.82, 2.24) is 0 Å². The Morgan fingerprint density at radius 2 is 1.15 bits per heavy atom. The van der Waals surface area contributed by atoms with Crippen molar-refractivity contribution in [2.45, 2.75) is 20.3 Å². The molecule has 0 N–H and O–H groups in total. The molecule has 4 rings (SSSR count). The first kappa shape index (κ1) is 37.7. The van der Waals surface area contributed by atoms with Crippen LogP contribution in [0.3, 0.4) is 0 Å². The Bertz CT molecular complexity index is 1560. The van der Waals surface area contributed by atoms with Crippen molar-refractivity contribution in [1.29, 1.82) is 0 Å². The predicted octanol–water partition coefficient (Wildman–Crippen LogP) is 5.88. The van der Waals surface area contributed by atoms with Crippen LogP contribution in [0, 0.1) is 0 Å². The zero-order valence-corrected chi connectivity index (χ0v) is 26.4. The second kappa shape index (κ2) is 19.1. The van der Waals surface area contributed by atoms with E-state index in [4.69, 9.17) is 0 Å². The van der Waals surface area contributed by atoms with Crippen LogP contribution in [0.1, 0.15) is 0 Å². The number of alkyl halides is 4. The monoisotopic (exact) mass is 722 g/mol. The summed E-state index contributed by atoms with van der Waals surface area (Å²) in [6.07, 6.45) is 0. The molecule has 0 aliphatic carbocycles. The molecule has 0 heterocycles. The van der Waals surface area contributed by atoms with E-state index in [1.54, 1.807) is 0 Å². The Labute approximate surface area is 276 Å². The second-order valence-electron chi connectivity index (χ2n) is 8.43. The zero-order chi connectivity index (χ0) is 33.4. The first-order valence-electron chi connectivity index (χ1n) is 12.7. The van der Waals surface area contributed by atoms with E-state index in [0.29, 0.717) is 11.5 Å². The van der Waals surface area contributed by atoms with E-state index >= 15 is 0 Å².